The molecular weight excluding hydrogens is 156 g/mol. The summed E-state index contributed by atoms with van der Waals surface area (Å²) in [5.41, 5.74) is -0.436. The minimum atomic E-state index is -0.436. The van der Waals surface area contributed by atoms with Crippen LogP contribution in [0.15, 0.2) is 0 Å². The van der Waals surface area contributed by atoms with Crippen molar-refractivity contribution in [3.8, 4) is 0 Å². The average molecular weight is 172 g/mol. The molecule has 1 heterocycles. The van der Waals surface area contributed by atoms with Gasteiger partial charge in [-0.05, 0) is 27.1 Å². The Morgan fingerprint density at radius 3 is 2.58 bits per heavy atom. The molecule has 1 unspecified atom stereocenters. The minimum Gasteiger partial charge on any atom is -0.468 e. The molecule has 0 spiro atoms. The Balaban J connectivity index is 2.78. The second-order valence-corrected chi connectivity index (χ2v) is 3.34. The number of nitrogens with zero attached hydrogens (tertiary/aromatic N) is 1. The summed E-state index contributed by atoms with van der Waals surface area (Å²) in [6.45, 7) is 1.57. The standard InChI is InChI=1S/C8H16N2O2/c1-10(2)8(7(11)12-3)4-5-9-6-8/h9H,4-6H2,1-3H3. The van der Waals surface area contributed by atoms with Crippen molar-refractivity contribution in [2.24, 2.45) is 0 Å². The van der Waals surface area contributed by atoms with Crippen LogP contribution in [0.3, 0.4) is 0 Å². The number of esters is 1. The highest BCUT2D eigenvalue weighted by molar-refractivity contribution is 5.81. The number of carbonyl (C=O) groups is 1. The van der Waals surface area contributed by atoms with E-state index < -0.39 is 5.54 Å². The molecule has 0 saturated carbocycles. The summed E-state index contributed by atoms with van der Waals surface area (Å²) in [7, 11) is 5.25. The molecule has 0 amide bonds. The molecule has 1 N–H and O–H groups in total. The Kier molecular flexibility index (Phi) is 2.69. The fourth-order valence-corrected chi connectivity index (χ4v) is 1.61. The molecule has 0 aromatic heterocycles. The van der Waals surface area contributed by atoms with Gasteiger partial charge >= 0.3 is 5.97 Å². The van der Waals surface area contributed by atoms with Crippen LogP contribution >= 0.6 is 0 Å². The maximum atomic E-state index is 11.5. The van der Waals surface area contributed by atoms with Crippen molar-refractivity contribution in [3.63, 3.8) is 0 Å². The molecule has 1 aliphatic rings. The Morgan fingerprint density at radius 2 is 2.25 bits per heavy atom. The first-order chi connectivity index (χ1) is 5.63. The molecule has 1 saturated heterocycles. The van der Waals surface area contributed by atoms with Gasteiger partial charge in [0.25, 0.3) is 0 Å². The predicted molar refractivity (Wildman–Crippen MR) is 45.9 cm³/mol. The van der Waals surface area contributed by atoms with Crippen LogP contribution in [-0.2, 0) is 9.53 Å². The lowest BCUT2D eigenvalue weighted by Crippen LogP contribution is -2.53. The van der Waals surface area contributed by atoms with Gasteiger partial charge in [-0.2, -0.15) is 0 Å². The van der Waals surface area contributed by atoms with E-state index in [1.807, 2.05) is 19.0 Å². The van der Waals surface area contributed by atoms with E-state index in [0.29, 0.717) is 6.54 Å². The van der Waals surface area contributed by atoms with Crippen LogP contribution < -0.4 is 5.32 Å². The van der Waals surface area contributed by atoms with E-state index in [2.05, 4.69) is 5.32 Å². The van der Waals surface area contributed by atoms with E-state index in [1.165, 1.54) is 7.11 Å². The number of ether oxygens (including phenoxy) is 1. The zero-order valence-corrected chi connectivity index (χ0v) is 7.89. The van der Waals surface area contributed by atoms with E-state index in [4.69, 9.17) is 4.74 Å². The number of hydrogen-bond donors (Lipinski definition) is 1. The normalized spacial score (nSPS) is 29.3. The third-order valence-electron chi connectivity index (χ3n) is 2.55. The monoisotopic (exact) mass is 172 g/mol. The highest BCUT2D eigenvalue weighted by Gasteiger charge is 2.44. The summed E-state index contributed by atoms with van der Waals surface area (Å²) in [4.78, 5) is 13.4. The summed E-state index contributed by atoms with van der Waals surface area (Å²) in [5, 5.41) is 3.17. The van der Waals surface area contributed by atoms with E-state index >= 15 is 0 Å². The largest absolute Gasteiger partial charge is 0.468 e. The number of methoxy groups -OCH3 is 1. The number of rotatable bonds is 2. The second-order valence-electron chi connectivity index (χ2n) is 3.34. The van der Waals surface area contributed by atoms with Crippen molar-refractivity contribution >= 4 is 5.97 Å². The van der Waals surface area contributed by atoms with Crippen LogP contribution in [0.1, 0.15) is 6.42 Å². The van der Waals surface area contributed by atoms with Crippen molar-refractivity contribution in [2.75, 3.05) is 34.3 Å². The van der Waals surface area contributed by atoms with Gasteiger partial charge in [-0.3, -0.25) is 4.90 Å². The van der Waals surface area contributed by atoms with Gasteiger partial charge in [-0.1, -0.05) is 0 Å². The van der Waals surface area contributed by atoms with Crippen LogP contribution in [0.4, 0.5) is 0 Å². The molecular formula is C8H16N2O2. The van der Waals surface area contributed by atoms with Crippen molar-refractivity contribution in [3.05, 3.63) is 0 Å². The smallest absolute Gasteiger partial charge is 0.327 e. The molecule has 4 heteroatoms. The number of likely N-dealkylation sites (N-methyl/N-ethyl adjacent to an activating group) is 1. The Labute approximate surface area is 72.9 Å². The molecule has 4 nitrogen and oxygen atoms in total. The quantitative estimate of drug-likeness (QED) is 0.568. The van der Waals surface area contributed by atoms with Crippen LogP contribution in [0.5, 0.6) is 0 Å². The summed E-state index contributed by atoms with van der Waals surface area (Å²) in [6.07, 6.45) is 0.826. The molecule has 1 rings (SSSR count). The highest BCUT2D eigenvalue weighted by Crippen LogP contribution is 2.21. The second kappa shape index (κ2) is 3.41. The van der Waals surface area contributed by atoms with E-state index in [1.54, 1.807) is 0 Å². The van der Waals surface area contributed by atoms with Gasteiger partial charge in [0, 0.05) is 6.54 Å². The van der Waals surface area contributed by atoms with Gasteiger partial charge in [0.1, 0.15) is 5.54 Å². The predicted octanol–water partition coefficient (Wildman–Crippen LogP) is -0.547. The van der Waals surface area contributed by atoms with Crippen molar-refractivity contribution < 1.29 is 9.53 Å². The lowest BCUT2D eigenvalue weighted by molar-refractivity contribution is -0.152. The molecule has 0 radical (unpaired) electrons. The Hall–Kier alpha value is -0.610. The molecule has 0 aromatic carbocycles. The maximum absolute atomic E-state index is 11.5. The summed E-state index contributed by atoms with van der Waals surface area (Å²) >= 11 is 0. The van der Waals surface area contributed by atoms with Gasteiger partial charge < -0.3 is 10.1 Å². The SMILES string of the molecule is COC(=O)C1(N(C)C)CCNC1. The Bertz CT molecular complexity index is 174. The van der Waals surface area contributed by atoms with Crippen LogP contribution in [0.2, 0.25) is 0 Å². The van der Waals surface area contributed by atoms with Crippen LogP contribution in [0.25, 0.3) is 0 Å². The molecule has 1 fully saturated rings. The molecule has 0 bridgehead atoms. The average Bonchev–Trinajstić information content (AvgIpc) is 2.52. The summed E-state index contributed by atoms with van der Waals surface area (Å²) < 4.78 is 4.78. The summed E-state index contributed by atoms with van der Waals surface area (Å²) in [5.74, 6) is -0.141. The molecule has 12 heavy (non-hydrogen) atoms. The van der Waals surface area contributed by atoms with Crippen LogP contribution in [-0.4, -0.2) is 50.7 Å². The maximum Gasteiger partial charge on any atom is 0.327 e. The van der Waals surface area contributed by atoms with Crippen molar-refractivity contribution in [1.29, 1.82) is 0 Å². The van der Waals surface area contributed by atoms with Gasteiger partial charge in [0.15, 0.2) is 0 Å². The zero-order valence-electron chi connectivity index (χ0n) is 7.89. The molecule has 1 atom stereocenters. The lowest BCUT2D eigenvalue weighted by Gasteiger charge is -2.32. The van der Waals surface area contributed by atoms with Gasteiger partial charge in [-0.15, -0.1) is 0 Å². The Morgan fingerprint density at radius 1 is 1.58 bits per heavy atom. The van der Waals surface area contributed by atoms with E-state index in [0.717, 1.165) is 13.0 Å². The zero-order chi connectivity index (χ0) is 9.19. The molecule has 1 aliphatic heterocycles. The van der Waals surface area contributed by atoms with Crippen LogP contribution in [0, 0.1) is 0 Å². The van der Waals surface area contributed by atoms with Gasteiger partial charge in [0.05, 0.1) is 7.11 Å². The fraction of sp³-hybridized carbons (Fsp3) is 0.875. The van der Waals surface area contributed by atoms with E-state index in [-0.39, 0.29) is 5.97 Å². The third-order valence-corrected chi connectivity index (χ3v) is 2.55. The van der Waals surface area contributed by atoms with E-state index in [9.17, 15) is 4.79 Å². The van der Waals surface area contributed by atoms with Gasteiger partial charge in [-0.25, -0.2) is 4.79 Å². The van der Waals surface area contributed by atoms with Crippen molar-refractivity contribution in [2.45, 2.75) is 12.0 Å². The summed E-state index contributed by atoms with van der Waals surface area (Å²) in [6, 6.07) is 0. The fourth-order valence-electron chi connectivity index (χ4n) is 1.61. The first-order valence-electron chi connectivity index (χ1n) is 4.10. The first kappa shape index (κ1) is 9.48. The number of hydrogen-bond acceptors (Lipinski definition) is 4. The molecule has 0 aromatic rings. The van der Waals surface area contributed by atoms with Crippen molar-refractivity contribution in [1.82, 2.24) is 10.2 Å². The number of carbonyl (C=O) groups excluding carboxylic acids is 1. The molecule has 0 aliphatic carbocycles. The highest BCUT2D eigenvalue weighted by atomic mass is 16.5. The molecule has 70 valence electrons. The topological polar surface area (TPSA) is 41.6 Å². The number of nitrogens with one attached hydrogen (secondary N) is 1. The minimum absolute atomic E-state index is 0.141. The van der Waals surface area contributed by atoms with Gasteiger partial charge in [0.2, 0.25) is 0 Å². The third kappa shape index (κ3) is 1.32. The lowest BCUT2D eigenvalue weighted by atomic mass is 9.97. The first-order valence-corrected chi connectivity index (χ1v) is 4.10.